The van der Waals surface area contributed by atoms with Gasteiger partial charge >= 0.3 is 0 Å². The molecule has 1 aromatic heterocycles. The van der Waals surface area contributed by atoms with E-state index < -0.39 is 0 Å². The van der Waals surface area contributed by atoms with Gasteiger partial charge in [0.1, 0.15) is 0 Å². The van der Waals surface area contributed by atoms with E-state index in [-0.39, 0.29) is 0 Å². The summed E-state index contributed by atoms with van der Waals surface area (Å²) >= 11 is 3.64. The quantitative estimate of drug-likeness (QED) is 0.851. The van der Waals surface area contributed by atoms with E-state index in [1.165, 1.54) is 16.9 Å². The summed E-state index contributed by atoms with van der Waals surface area (Å²) in [6.45, 7) is 8.00. The first-order valence-corrected chi connectivity index (χ1v) is 7.31. The number of rotatable bonds is 4. The number of aryl methyl sites for hydroxylation is 3. The summed E-state index contributed by atoms with van der Waals surface area (Å²) in [7, 11) is 2.11. The highest BCUT2D eigenvalue weighted by Gasteiger charge is 2.14. The third kappa shape index (κ3) is 3.00. The molecule has 2 aromatic rings. The highest BCUT2D eigenvalue weighted by atomic mass is 79.9. The molecule has 0 spiro atoms. The molecule has 0 unspecified atom stereocenters. The maximum absolute atomic E-state index is 4.53. The lowest BCUT2D eigenvalue weighted by Crippen LogP contribution is -2.19. The Kier molecular flexibility index (Phi) is 4.30. The van der Waals surface area contributed by atoms with Crippen LogP contribution in [-0.2, 0) is 13.1 Å². The van der Waals surface area contributed by atoms with Gasteiger partial charge in [-0.2, -0.15) is 5.10 Å². The van der Waals surface area contributed by atoms with Gasteiger partial charge in [-0.1, -0.05) is 17.7 Å². The lowest BCUT2D eigenvalue weighted by Gasteiger charge is -2.20. The molecule has 0 N–H and O–H groups in total. The van der Waals surface area contributed by atoms with Crippen molar-refractivity contribution in [2.75, 3.05) is 11.9 Å². The molecule has 2 rings (SSSR count). The molecule has 0 aliphatic rings. The lowest BCUT2D eigenvalue weighted by molar-refractivity contribution is 0.612. The van der Waals surface area contributed by atoms with Crippen molar-refractivity contribution in [1.82, 2.24) is 9.78 Å². The average Bonchev–Trinajstić information content (AvgIpc) is 2.67. The molecule has 102 valence electrons. The van der Waals surface area contributed by atoms with E-state index in [1.807, 2.05) is 6.92 Å². The van der Waals surface area contributed by atoms with Gasteiger partial charge in [-0.05, 0) is 48.8 Å². The molecule has 0 atom stereocenters. The Balaban J connectivity index is 2.23. The van der Waals surface area contributed by atoms with E-state index >= 15 is 0 Å². The Morgan fingerprint density at radius 3 is 2.42 bits per heavy atom. The van der Waals surface area contributed by atoms with Gasteiger partial charge in [0, 0.05) is 19.3 Å². The maximum Gasteiger partial charge on any atom is 0.0739 e. The van der Waals surface area contributed by atoms with E-state index in [2.05, 4.69) is 75.8 Å². The fourth-order valence-corrected chi connectivity index (χ4v) is 2.54. The van der Waals surface area contributed by atoms with Crippen molar-refractivity contribution in [2.45, 2.75) is 33.9 Å². The summed E-state index contributed by atoms with van der Waals surface area (Å²) in [5, 5.41) is 4.53. The van der Waals surface area contributed by atoms with Gasteiger partial charge in [0.2, 0.25) is 0 Å². The van der Waals surface area contributed by atoms with Crippen LogP contribution < -0.4 is 4.90 Å². The first kappa shape index (κ1) is 14.1. The SMILES string of the molecule is CCn1nc(C)c(Br)c1CN(C)c1ccc(C)cc1. The molecular formula is C15H20BrN3. The number of benzene rings is 1. The van der Waals surface area contributed by atoms with Crippen LogP contribution >= 0.6 is 15.9 Å². The fraction of sp³-hybridized carbons (Fsp3) is 0.400. The van der Waals surface area contributed by atoms with Crippen molar-refractivity contribution in [3.63, 3.8) is 0 Å². The third-order valence-corrected chi connectivity index (χ3v) is 4.35. The van der Waals surface area contributed by atoms with E-state index in [4.69, 9.17) is 0 Å². The van der Waals surface area contributed by atoms with Gasteiger partial charge in [0.05, 0.1) is 22.4 Å². The van der Waals surface area contributed by atoms with Gasteiger partial charge in [-0.15, -0.1) is 0 Å². The molecular weight excluding hydrogens is 302 g/mol. The molecule has 0 saturated carbocycles. The van der Waals surface area contributed by atoms with Gasteiger partial charge in [-0.25, -0.2) is 0 Å². The molecule has 0 aliphatic heterocycles. The summed E-state index contributed by atoms with van der Waals surface area (Å²) < 4.78 is 3.18. The minimum Gasteiger partial charge on any atom is -0.369 e. The second-order valence-electron chi connectivity index (χ2n) is 4.85. The number of hydrogen-bond donors (Lipinski definition) is 0. The molecule has 0 saturated heterocycles. The molecule has 1 heterocycles. The van der Waals surface area contributed by atoms with Gasteiger partial charge in [0.15, 0.2) is 0 Å². The van der Waals surface area contributed by atoms with Crippen molar-refractivity contribution in [3.05, 3.63) is 45.7 Å². The van der Waals surface area contributed by atoms with E-state index in [9.17, 15) is 0 Å². The minimum atomic E-state index is 0.846. The van der Waals surface area contributed by atoms with Crippen LogP contribution in [0.4, 0.5) is 5.69 Å². The second-order valence-corrected chi connectivity index (χ2v) is 5.65. The molecule has 0 fully saturated rings. The standard InChI is InChI=1S/C15H20BrN3/c1-5-19-14(15(16)12(3)17-19)10-18(4)13-8-6-11(2)7-9-13/h6-9H,5,10H2,1-4H3. The zero-order chi connectivity index (χ0) is 14.0. The van der Waals surface area contributed by atoms with E-state index in [0.717, 1.165) is 23.3 Å². The van der Waals surface area contributed by atoms with Gasteiger partial charge < -0.3 is 4.90 Å². The zero-order valence-corrected chi connectivity index (χ0v) is 13.5. The lowest BCUT2D eigenvalue weighted by atomic mass is 10.2. The molecule has 0 radical (unpaired) electrons. The average molecular weight is 322 g/mol. The number of aromatic nitrogens is 2. The maximum atomic E-state index is 4.53. The predicted octanol–water partition coefficient (Wildman–Crippen LogP) is 3.92. The molecule has 1 aromatic carbocycles. The van der Waals surface area contributed by atoms with Crippen molar-refractivity contribution >= 4 is 21.6 Å². The van der Waals surface area contributed by atoms with Crippen LogP contribution in [0.5, 0.6) is 0 Å². The summed E-state index contributed by atoms with van der Waals surface area (Å²) in [6, 6.07) is 8.60. The Labute approximate surface area is 123 Å². The summed E-state index contributed by atoms with van der Waals surface area (Å²) in [5.74, 6) is 0. The number of hydrogen-bond acceptors (Lipinski definition) is 2. The summed E-state index contributed by atoms with van der Waals surface area (Å²) in [6.07, 6.45) is 0. The molecule has 19 heavy (non-hydrogen) atoms. The first-order valence-electron chi connectivity index (χ1n) is 6.52. The van der Waals surface area contributed by atoms with Crippen LogP contribution in [0.25, 0.3) is 0 Å². The fourth-order valence-electron chi connectivity index (χ4n) is 2.14. The number of anilines is 1. The van der Waals surface area contributed by atoms with E-state index in [1.54, 1.807) is 0 Å². The topological polar surface area (TPSA) is 21.1 Å². The molecule has 0 bridgehead atoms. The molecule has 0 aliphatic carbocycles. The highest BCUT2D eigenvalue weighted by molar-refractivity contribution is 9.10. The van der Waals surface area contributed by atoms with Gasteiger partial charge in [0.25, 0.3) is 0 Å². The Bertz CT molecular complexity index is 558. The Morgan fingerprint density at radius 2 is 1.84 bits per heavy atom. The number of halogens is 1. The monoisotopic (exact) mass is 321 g/mol. The van der Waals surface area contributed by atoms with Crippen LogP contribution in [0, 0.1) is 13.8 Å². The highest BCUT2D eigenvalue weighted by Crippen LogP contribution is 2.24. The smallest absolute Gasteiger partial charge is 0.0739 e. The van der Waals surface area contributed by atoms with Crippen molar-refractivity contribution in [1.29, 1.82) is 0 Å². The van der Waals surface area contributed by atoms with Crippen molar-refractivity contribution in [3.8, 4) is 0 Å². The molecule has 4 heteroatoms. The van der Waals surface area contributed by atoms with Gasteiger partial charge in [-0.3, -0.25) is 4.68 Å². The summed E-state index contributed by atoms with van der Waals surface area (Å²) in [5.41, 5.74) is 4.78. The predicted molar refractivity (Wildman–Crippen MR) is 83.6 cm³/mol. The minimum absolute atomic E-state index is 0.846. The first-order chi connectivity index (χ1) is 9.02. The van der Waals surface area contributed by atoms with Crippen LogP contribution in [0.2, 0.25) is 0 Å². The van der Waals surface area contributed by atoms with Crippen LogP contribution in [-0.4, -0.2) is 16.8 Å². The normalized spacial score (nSPS) is 10.8. The van der Waals surface area contributed by atoms with Crippen LogP contribution in [0.15, 0.2) is 28.7 Å². The third-order valence-electron chi connectivity index (χ3n) is 3.31. The van der Waals surface area contributed by atoms with Crippen LogP contribution in [0.1, 0.15) is 23.9 Å². The largest absolute Gasteiger partial charge is 0.369 e. The second kappa shape index (κ2) is 5.78. The van der Waals surface area contributed by atoms with Crippen LogP contribution in [0.3, 0.4) is 0 Å². The Morgan fingerprint density at radius 1 is 1.21 bits per heavy atom. The molecule has 3 nitrogen and oxygen atoms in total. The Hall–Kier alpha value is -1.29. The number of nitrogens with zero attached hydrogens (tertiary/aromatic N) is 3. The zero-order valence-electron chi connectivity index (χ0n) is 11.9. The van der Waals surface area contributed by atoms with Crippen molar-refractivity contribution in [2.24, 2.45) is 0 Å². The van der Waals surface area contributed by atoms with E-state index in [0.29, 0.717) is 0 Å². The van der Waals surface area contributed by atoms with Crippen molar-refractivity contribution < 1.29 is 0 Å². The summed E-state index contributed by atoms with van der Waals surface area (Å²) in [4.78, 5) is 2.24. The molecule has 0 amide bonds.